The predicted octanol–water partition coefficient (Wildman–Crippen LogP) is -0.0520. The second-order valence-corrected chi connectivity index (χ2v) is 2.46. The van der Waals surface area contributed by atoms with E-state index in [1.165, 1.54) is 0 Å². The van der Waals surface area contributed by atoms with Gasteiger partial charge in [0.15, 0.2) is 0 Å². The van der Waals surface area contributed by atoms with Crippen molar-refractivity contribution in [2.75, 3.05) is 12.4 Å². The zero-order valence-corrected chi connectivity index (χ0v) is 5.36. The van der Waals surface area contributed by atoms with Crippen LogP contribution in [0.1, 0.15) is 6.42 Å². The van der Waals surface area contributed by atoms with Crippen molar-refractivity contribution in [1.82, 2.24) is 5.32 Å². The summed E-state index contributed by atoms with van der Waals surface area (Å²) in [6.07, 6.45) is 0.641. The standard InChI is InChI=1S/C5H10ClNO/c6-2-4-1-5(8)3-7-4/h4-5,7-8H,1-3H2/t4-,5-/m0/s1. The van der Waals surface area contributed by atoms with Crippen LogP contribution in [-0.2, 0) is 0 Å². The van der Waals surface area contributed by atoms with Gasteiger partial charge in [0.1, 0.15) is 0 Å². The van der Waals surface area contributed by atoms with Gasteiger partial charge in [-0.05, 0) is 6.42 Å². The molecule has 8 heavy (non-hydrogen) atoms. The molecule has 1 rings (SSSR count). The Balaban J connectivity index is 2.22. The highest BCUT2D eigenvalue weighted by Crippen LogP contribution is 2.06. The molecule has 0 aromatic rings. The molecule has 3 heteroatoms. The molecule has 0 aliphatic carbocycles. The number of hydrogen-bond donors (Lipinski definition) is 2. The number of halogens is 1. The summed E-state index contributed by atoms with van der Waals surface area (Å²) >= 11 is 5.50. The average molecular weight is 136 g/mol. The molecule has 2 nitrogen and oxygen atoms in total. The number of hydrogen-bond acceptors (Lipinski definition) is 2. The summed E-state index contributed by atoms with van der Waals surface area (Å²) < 4.78 is 0. The lowest BCUT2D eigenvalue weighted by molar-refractivity contribution is 0.194. The normalized spacial score (nSPS) is 38.2. The van der Waals surface area contributed by atoms with Crippen LogP contribution in [0.4, 0.5) is 0 Å². The van der Waals surface area contributed by atoms with Gasteiger partial charge in [-0.25, -0.2) is 0 Å². The molecule has 0 spiro atoms. The topological polar surface area (TPSA) is 32.3 Å². The van der Waals surface area contributed by atoms with E-state index in [-0.39, 0.29) is 6.10 Å². The van der Waals surface area contributed by atoms with E-state index in [2.05, 4.69) is 5.32 Å². The summed E-state index contributed by atoms with van der Waals surface area (Å²) in [4.78, 5) is 0. The molecule has 2 atom stereocenters. The molecular weight excluding hydrogens is 126 g/mol. The van der Waals surface area contributed by atoms with Gasteiger partial charge in [-0.1, -0.05) is 0 Å². The Kier molecular flexibility index (Phi) is 2.11. The summed E-state index contributed by atoms with van der Waals surface area (Å²) in [6.45, 7) is 0.706. The molecule has 0 bridgehead atoms. The van der Waals surface area contributed by atoms with Gasteiger partial charge in [0, 0.05) is 18.5 Å². The van der Waals surface area contributed by atoms with Crippen molar-refractivity contribution in [3.8, 4) is 0 Å². The first-order valence-corrected chi connectivity index (χ1v) is 3.34. The minimum Gasteiger partial charge on any atom is -0.392 e. The predicted molar refractivity (Wildman–Crippen MR) is 33.1 cm³/mol. The van der Waals surface area contributed by atoms with Crippen LogP contribution < -0.4 is 5.32 Å². The molecular formula is C5H10ClNO. The minimum absolute atomic E-state index is 0.168. The second-order valence-electron chi connectivity index (χ2n) is 2.15. The SMILES string of the molecule is O[C@@H]1CN[C@H](CCl)C1. The van der Waals surface area contributed by atoms with Gasteiger partial charge < -0.3 is 10.4 Å². The lowest BCUT2D eigenvalue weighted by Crippen LogP contribution is -2.22. The number of β-amino-alcohol motifs (C(OH)–C–C–N with tert-alkyl or cyclic N) is 1. The number of rotatable bonds is 1. The molecule has 0 radical (unpaired) electrons. The fraction of sp³-hybridized carbons (Fsp3) is 1.00. The average Bonchev–Trinajstić information content (AvgIpc) is 2.14. The fourth-order valence-corrected chi connectivity index (χ4v) is 1.15. The van der Waals surface area contributed by atoms with Gasteiger partial charge in [-0.2, -0.15) is 0 Å². The first kappa shape index (κ1) is 6.33. The molecule has 0 saturated carbocycles. The third kappa shape index (κ3) is 1.34. The van der Waals surface area contributed by atoms with Crippen LogP contribution in [-0.4, -0.2) is 29.7 Å². The number of nitrogens with one attached hydrogen (secondary N) is 1. The van der Waals surface area contributed by atoms with Crippen molar-refractivity contribution >= 4 is 11.6 Å². The second kappa shape index (κ2) is 2.67. The lowest BCUT2D eigenvalue weighted by atomic mass is 10.2. The molecule has 0 unspecified atom stereocenters. The quantitative estimate of drug-likeness (QED) is 0.494. The smallest absolute Gasteiger partial charge is 0.0679 e. The summed E-state index contributed by atoms with van der Waals surface area (Å²) in [5.74, 6) is 0.608. The number of alkyl halides is 1. The summed E-state index contributed by atoms with van der Waals surface area (Å²) in [7, 11) is 0. The van der Waals surface area contributed by atoms with Crippen molar-refractivity contribution in [3.05, 3.63) is 0 Å². The highest BCUT2D eigenvalue weighted by molar-refractivity contribution is 6.18. The van der Waals surface area contributed by atoms with E-state index in [1.807, 2.05) is 0 Å². The summed E-state index contributed by atoms with van der Waals surface area (Å²) in [6, 6.07) is 0.340. The van der Waals surface area contributed by atoms with Crippen molar-refractivity contribution in [2.45, 2.75) is 18.6 Å². The maximum absolute atomic E-state index is 8.91. The molecule has 0 aromatic heterocycles. The molecule has 2 N–H and O–H groups in total. The molecule has 1 aliphatic heterocycles. The Morgan fingerprint density at radius 3 is 2.75 bits per heavy atom. The van der Waals surface area contributed by atoms with Crippen LogP contribution in [0.2, 0.25) is 0 Å². The Hall–Kier alpha value is 0.210. The third-order valence-corrected chi connectivity index (χ3v) is 1.76. The molecule has 1 aliphatic rings. The first-order valence-electron chi connectivity index (χ1n) is 2.80. The summed E-state index contributed by atoms with van der Waals surface area (Å²) in [5, 5.41) is 12.0. The van der Waals surface area contributed by atoms with Crippen LogP contribution in [0.5, 0.6) is 0 Å². The largest absolute Gasteiger partial charge is 0.392 e. The zero-order chi connectivity index (χ0) is 5.98. The van der Waals surface area contributed by atoms with Crippen molar-refractivity contribution in [3.63, 3.8) is 0 Å². The van der Waals surface area contributed by atoms with Crippen LogP contribution >= 0.6 is 11.6 Å². The molecule has 1 heterocycles. The monoisotopic (exact) mass is 135 g/mol. The van der Waals surface area contributed by atoms with Gasteiger partial charge in [-0.3, -0.25) is 0 Å². The van der Waals surface area contributed by atoms with E-state index in [1.54, 1.807) is 0 Å². The third-order valence-electron chi connectivity index (χ3n) is 1.39. The lowest BCUT2D eigenvalue weighted by Gasteiger charge is -2.00. The van der Waals surface area contributed by atoms with E-state index in [0.29, 0.717) is 18.5 Å². The van der Waals surface area contributed by atoms with E-state index in [4.69, 9.17) is 16.7 Å². The van der Waals surface area contributed by atoms with Crippen molar-refractivity contribution < 1.29 is 5.11 Å². The number of aliphatic hydroxyl groups excluding tert-OH is 1. The zero-order valence-electron chi connectivity index (χ0n) is 4.60. The molecule has 1 fully saturated rings. The molecule has 1 saturated heterocycles. The van der Waals surface area contributed by atoms with Crippen molar-refractivity contribution in [1.29, 1.82) is 0 Å². The van der Waals surface area contributed by atoms with Crippen LogP contribution in [0.25, 0.3) is 0 Å². The molecule has 48 valence electrons. The molecule has 0 amide bonds. The fourth-order valence-electron chi connectivity index (χ4n) is 0.915. The minimum atomic E-state index is -0.168. The van der Waals surface area contributed by atoms with Gasteiger partial charge in [0.25, 0.3) is 0 Å². The Labute approximate surface area is 53.8 Å². The van der Waals surface area contributed by atoms with Gasteiger partial charge >= 0.3 is 0 Å². The maximum Gasteiger partial charge on any atom is 0.0679 e. The van der Waals surface area contributed by atoms with E-state index >= 15 is 0 Å². The van der Waals surface area contributed by atoms with Crippen molar-refractivity contribution in [2.24, 2.45) is 0 Å². The summed E-state index contributed by atoms with van der Waals surface area (Å²) in [5.41, 5.74) is 0. The Morgan fingerprint density at radius 2 is 2.50 bits per heavy atom. The van der Waals surface area contributed by atoms with Gasteiger partial charge in [0.2, 0.25) is 0 Å². The van der Waals surface area contributed by atoms with Gasteiger partial charge in [-0.15, -0.1) is 11.6 Å². The van der Waals surface area contributed by atoms with Crippen LogP contribution in [0.15, 0.2) is 0 Å². The van der Waals surface area contributed by atoms with E-state index < -0.39 is 0 Å². The van der Waals surface area contributed by atoms with Gasteiger partial charge in [0.05, 0.1) is 6.10 Å². The van der Waals surface area contributed by atoms with Crippen LogP contribution in [0, 0.1) is 0 Å². The van der Waals surface area contributed by atoms with E-state index in [9.17, 15) is 0 Å². The Bertz CT molecular complexity index is 78.8. The number of aliphatic hydroxyl groups is 1. The maximum atomic E-state index is 8.91. The molecule has 0 aromatic carbocycles. The van der Waals surface area contributed by atoms with Crippen LogP contribution in [0.3, 0.4) is 0 Å². The highest BCUT2D eigenvalue weighted by Gasteiger charge is 2.20. The van der Waals surface area contributed by atoms with E-state index in [0.717, 1.165) is 6.42 Å². The first-order chi connectivity index (χ1) is 3.83. The highest BCUT2D eigenvalue weighted by atomic mass is 35.5. The Morgan fingerprint density at radius 1 is 1.75 bits per heavy atom.